The zero-order valence-corrected chi connectivity index (χ0v) is 13.1. The summed E-state index contributed by atoms with van der Waals surface area (Å²) in [5.41, 5.74) is -0.235. The van der Waals surface area contributed by atoms with E-state index in [0.717, 1.165) is 6.42 Å². The van der Waals surface area contributed by atoms with E-state index in [2.05, 4.69) is 5.32 Å². The van der Waals surface area contributed by atoms with E-state index in [9.17, 15) is 19.7 Å². The third-order valence-corrected chi connectivity index (χ3v) is 3.10. The molecule has 1 aromatic heterocycles. The van der Waals surface area contributed by atoms with E-state index in [0.29, 0.717) is 12.3 Å². The van der Waals surface area contributed by atoms with E-state index in [1.807, 2.05) is 6.92 Å². The number of ether oxygens (including phenoxy) is 1. The predicted octanol–water partition coefficient (Wildman–Crippen LogP) is 2.18. The van der Waals surface area contributed by atoms with Crippen molar-refractivity contribution < 1.29 is 14.5 Å². The minimum absolute atomic E-state index is 0.125. The fourth-order valence-electron chi connectivity index (χ4n) is 2.01. The maximum Gasteiger partial charge on any atom is 0.293 e. The van der Waals surface area contributed by atoms with Crippen LogP contribution in [0, 0.1) is 10.1 Å². The molecule has 0 spiro atoms. The number of rotatable bonds is 7. The topological polar surface area (TPSA) is 103 Å². The van der Waals surface area contributed by atoms with Crippen LogP contribution >= 0.6 is 0 Å². The molecule has 0 aliphatic heterocycles. The Bertz CT molecular complexity index is 800. The van der Waals surface area contributed by atoms with Crippen molar-refractivity contribution in [2.24, 2.45) is 0 Å². The summed E-state index contributed by atoms with van der Waals surface area (Å²) in [5, 5.41) is 13.3. The summed E-state index contributed by atoms with van der Waals surface area (Å²) in [6.45, 7) is 2.12. The van der Waals surface area contributed by atoms with Crippen LogP contribution < -0.4 is 15.6 Å². The lowest BCUT2D eigenvalue weighted by atomic mass is 10.3. The largest absolute Gasteiger partial charge is 0.488 e. The molecule has 0 atom stereocenters. The molecule has 126 valence electrons. The number of nitro benzene ring substituents is 1. The normalized spacial score (nSPS) is 10.2. The number of nitro groups is 1. The average molecular weight is 331 g/mol. The van der Waals surface area contributed by atoms with Gasteiger partial charge in [-0.1, -0.05) is 13.0 Å². The quantitative estimate of drug-likeness (QED) is 0.618. The summed E-state index contributed by atoms with van der Waals surface area (Å²) in [5.74, 6) is -0.285. The lowest BCUT2D eigenvalue weighted by Crippen LogP contribution is -2.28. The molecule has 0 aliphatic carbocycles. The number of nitrogens with one attached hydrogen (secondary N) is 1. The predicted molar refractivity (Wildman–Crippen MR) is 88.2 cm³/mol. The molecule has 2 rings (SSSR count). The zero-order chi connectivity index (χ0) is 17.5. The molecule has 0 saturated heterocycles. The molecule has 8 nitrogen and oxygen atoms in total. The standard InChI is InChI=1S/C16H17N3O5/c1-2-9-24-14-7-4-8-18(16(14)21)11-15(20)17-12-5-3-6-13(10-12)19(22)23/h3-8,10H,2,9,11H2,1H3,(H,17,20). The van der Waals surface area contributed by atoms with Crippen LogP contribution in [0.1, 0.15) is 13.3 Å². The van der Waals surface area contributed by atoms with Gasteiger partial charge in [0.2, 0.25) is 5.91 Å². The van der Waals surface area contributed by atoms with Gasteiger partial charge in [0.25, 0.3) is 11.2 Å². The van der Waals surface area contributed by atoms with Crippen molar-refractivity contribution in [3.05, 3.63) is 63.1 Å². The van der Waals surface area contributed by atoms with Gasteiger partial charge in [-0.25, -0.2) is 0 Å². The minimum atomic E-state index is -0.547. The van der Waals surface area contributed by atoms with Crippen LogP contribution in [-0.2, 0) is 11.3 Å². The highest BCUT2D eigenvalue weighted by molar-refractivity contribution is 5.90. The van der Waals surface area contributed by atoms with Crippen LogP contribution in [0.3, 0.4) is 0 Å². The van der Waals surface area contributed by atoms with Gasteiger partial charge in [0.05, 0.1) is 11.5 Å². The Morgan fingerprint density at radius 3 is 2.83 bits per heavy atom. The van der Waals surface area contributed by atoms with Crippen molar-refractivity contribution in [1.29, 1.82) is 0 Å². The van der Waals surface area contributed by atoms with Crippen LogP contribution in [-0.4, -0.2) is 22.0 Å². The minimum Gasteiger partial charge on any atom is -0.488 e. The first-order chi connectivity index (χ1) is 11.5. The molecular weight excluding hydrogens is 314 g/mol. The monoisotopic (exact) mass is 331 g/mol. The highest BCUT2D eigenvalue weighted by Gasteiger charge is 2.11. The number of non-ortho nitro benzene ring substituents is 1. The Balaban J connectivity index is 2.09. The molecule has 0 radical (unpaired) electrons. The van der Waals surface area contributed by atoms with Crippen molar-refractivity contribution in [1.82, 2.24) is 4.57 Å². The molecule has 0 fully saturated rings. The summed E-state index contributed by atoms with van der Waals surface area (Å²) in [4.78, 5) is 34.4. The number of aromatic nitrogens is 1. The molecule has 8 heteroatoms. The summed E-state index contributed by atoms with van der Waals surface area (Å²) < 4.78 is 6.55. The first-order valence-corrected chi connectivity index (χ1v) is 7.38. The summed E-state index contributed by atoms with van der Waals surface area (Å²) in [6, 6.07) is 8.75. The van der Waals surface area contributed by atoms with Gasteiger partial charge in [0.1, 0.15) is 6.54 Å². The average Bonchev–Trinajstić information content (AvgIpc) is 2.56. The SMILES string of the molecule is CCCOc1cccn(CC(=O)Nc2cccc([N+](=O)[O-])c2)c1=O. The van der Waals surface area contributed by atoms with Crippen LogP contribution in [0.4, 0.5) is 11.4 Å². The Morgan fingerprint density at radius 2 is 2.12 bits per heavy atom. The highest BCUT2D eigenvalue weighted by Crippen LogP contribution is 2.16. The Labute approximate surface area is 137 Å². The Morgan fingerprint density at radius 1 is 1.33 bits per heavy atom. The molecule has 0 unspecified atom stereocenters. The Kier molecular flexibility index (Phi) is 5.67. The van der Waals surface area contributed by atoms with Gasteiger partial charge < -0.3 is 14.6 Å². The maximum atomic E-state index is 12.2. The second-order valence-corrected chi connectivity index (χ2v) is 5.01. The first kappa shape index (κ1) is 17.2. The molecule has 2 aromatic rings. The lowest BCUT2D eigenvalue weighted by molar-refractivity contribution is -0.384. The summed E-state index contributed by atoms with van der Waals surface area (Å²) in [6.07, 6.45) is 2.25. The van der Waals surface area contributed by atoms with Gasteiger partial charge in [-0.15, -0.1) is 0 Å². The van der Waals surface area contributed by atoms with E-state index in [1.54, 1.807) is 12.1 Å². The summed E-state index contributed by atoms with van der Waals surface area (Å²) in [7, 11) is 0. The molecule has 1 aromatic carbocycles. The van der Waals surface area contributed by atoms with Gasteiger partial charge in [-0.05, 0) is 24.6 Å². The lowest BCUT2D eigenvalue weighted by Gasteiger charge is -2.09. The van der Waals surface area contributed by atoms with Gasteiger partial charge in [0.15, 0.2) is 5.75 Å². The number of amides is 1. The van der Waals surface area contributed by atoms with E-state index in [1.165, 1.54) is 35.0 Å². The van der Waals surface area contributed by atoms with Gasteiger partial charge in [-0.3, -0.25) is 19.7 Å². The number of benzene rings is 1. The van der Waals surface area contributed by atoms with Crippen LogP contribution in [0.2, 0.25) is 0 Å². The number of pyridine rings is 1. The third kappa shape index (κ3) is 4.42. The molecule has 1 heterocycles. The van der Waals surface area contributed by atoms with Crippen LogP contribution in [0.5, 0.6) is 5.75 Å². The van der Waals surface area contributed by atoms with Crippen molar-refractivity contribution in [3.63, 3.8) is 0 Å². The van der Waals surface area contributed by atoms with Crippen LogP contribution in [0.15, 0.2) is 47.4 Å². The third-order valence-electron chi connectivity index (χ3n) is 3.10. The van der Waals surface area contributed by atoms with Crippen molar-refractivity contribution in [2.45, 2.75) is 19.9 Å². The smallest absolute Gasteiger partial charge is 0.293 e. The van der Waals surface area contributed by atoms with E-state index < -0.39 is 16.4 Å². The Hall–Kier alpha value is -3.16. The van der Waals surface area contributed by atoms with Gasteiger partial charge in [-0.2, -0.15) is 0 Å². The summed E-state index contributed by atoms with van der Waals surface area (Å²) >= 11 is 0. The number of hydrogen-bond acceptors (Lipinski definition) is 5. The number of carbonyl (C=O) groups excluding carboxylic acids is 1. The number of carbonyl (C=O) groups is 1. The zero-order valence-electron chi connectivity index (χ0n) is 13.1. The van der Waals surface area contributed by atoms with E-state index >= 15 is 0 Å². The fourth-order valence-corrected chi connectivity index (χ4v) is 2.01. The number of anilines is 1. The van der Waals surface area contributed by atoms with Gasteiger partial charge >= 0.3 is 0 Å². The van der Waals surface area contributed by atoms with Crippen molar-refractivity contribution in [2.75, 3.05) is 11.9 Å². The highest BCUT2D eigenvalue weighted by atomic mass is 16.6. The van der Waals surface area contributed by atoms with Crippen molar-refractivity contribution >= 4 is 17.3 Å². The maximum absolute atomic E-state index is 12.2. The van der Waals surface area contributed by atoms with Crippen molar-refractivity contribution in [3.8, 4) is 5.75 Å². The number of nitrogens with zero attached hydrogens (tertiary/aromatic N) is 2. The molecule has 0 bridgehead atoms. The number of hydrogen-bond donors (Lipinski definition) is 1. The van der Waals surface area contributed by atoms with Crippen LogP contribution in [0.25, 0.3) is 0 Å². The molecule has 0 aliphatic rings. The molecule has 1 amide bonds. The fraction of sp³-hybridized carbons (Fsp3) is 0.250. The van der Waals surface area contributed by atoms with E-state index in [-0.39, 0.29) is 18.0 Å². The molecule has 1 N–H and O–H groups in total. The molecule has 0 saturated carbocycles. The molecular formula is C16H17N3O5. The van der Waals surface area contributed by atoms with Gasteiger partial charge in [0, 0.05) is 24.0 Å². The second-order valence-electron chi connectivity index (χ2n) is 5.01. The van der Waals surface area contributed by atoms with E-state index in [4.69, 9.17) is 4.74 Å². The first-order valence-electron chi connectivity index (χ1n) is 7.38. The second kappa shape index (κ2) is 7.91. The molecule has 24 heavy (non-hydrogen) atoms.